The molecule has 0 saturated heterocycles. The fourth-order valence-electron chi connectivity index (χ4n) is 1.05. The number of carbonyl (C=O) groups is 1. The predicted molar refractivity (Wildman–Crippen MR) is 69.0 cm³/mol. The molecule has 0 fully saturated rings. The molecule has 0 amide bonds. The molecule has 0 atom stereocenters. The van der Waals surface area contributed by atoms with Gasteiger partial charge >= 0.3 is 0 Å². The summed E-state index contributed by atoms with van der Waals surface area (Å²) in [4.78, 5) is 14.8. The zero-order valence-electron chi connectivity index (χ0n) is 8.12. The average Bonchev–Trinajstić information content (AvgIpc) is 2.64. The molecule has 2 aromatic rings. The SMILES string of the molecule is O=Cc1sc(Oc2ccc(Cl)c(Cl)c2)nc1Cl. The van der Waals surface area contributed by atoms with Gasteiger partial charge in [-0.05, 0) is 12.1 Å². The fourth-order valence-corrected chi connectivity index (χ4v) is 2.27. The zero-order chi connectivity index (χ0) is 12.4. The van der Waals surface area contributed by atoms with Gasteiger partial charge in [-0.25, -0.2) is 0 Å². The lowest BCUT2D eigenvalue weighted by Crippen LogP contribution is -1.82. The quantitative estimate of drug-likeness (QED) is 0.771. The Balaban J connectivity index is 2.25. The van der Waals surface area contributed by atoms with E-state index < -0.39 is 0 Å². The third-order valence-electron chi connectivity index (χ3n) is 1.79. The largest absolute Gasteiger partial charge is 0.431 e. The number of aldehydes is 1. The van der Waals surface area contributed by atoms with Crippen LogP contribution in [0.1, 0.15) is 9.67 Å². The Morgan fingerprint density at radius 3 is 2.59 bits per heavy atom. The maximum absolute atomic E-state index is 10.6. The lowest BCUT2D eigenvalue weighted by molar-refractivity contribution is 0.112. The molecule has 0 spiro atoms. The summed E-state index contributed by atoms with van der Waals surface area (Å²) in [6, 6.07) is 4.80. The second-order valence-electron chi connectivity index (χ2n) is 2.93. The molecule has 17 heavy (non-hydrogen) atoms. The number of benzene rings is 1. The molecule has 88 valence electrons. The molecule has 3 nitrogen and oxygen atoms in total. The summed E-state index contributed by atoms with van der Waals surface area (Å²) in [7, 11) is 0. The van der Waals surface area contributed by atoms with Gasteiger partial charge in [0.05, 0.1) is 10.0 Å². The molecule has 0 radical (unpaired) electrons. The standard InChI is InChI=1S/C10H4Cl3NO2S/c11-6-2-1-5(3-7(6)12)16-10-14-9(13)8(4-15)17-10/h1-4H. The summed E-state index contributed by atoms with van der Waals surface area (Å²) in [5.74, 6) is 0.474. The molecule has 0 bridgehead atoms. The number of ether oxygens (including phenoxy) is 1. The third-order valence-corrected chi connectivity index (χ3v) is 3.79. The lowest BCUT2D eigenvalue weighted by Gasteiger charge is -2.02. The number of rotatable bonds is 3. The minimum Gasteiger partial charge on any atom is -0.431 e. The van der Waals surface area contributed by atoms with Crippen LogP contribution in [0, 0.1) is 0 Å². The number of nitrogens with zero attached hydrogens (tertiary/aromatic N) is 1. The second-order valence-corrected chi connectivity index (χ2v) is 5.10. The Bertz CT molecular complexity index is 571. The minimum atomic E-state index is 0.125. The first-order chi connectivity index (χ1) is 8.10. The second kappa shape index (κ2) is 5.23. The Morgan fingerprint density at radius 1 is 1.24 bits per heavy atom. The van der Waals surface area contributed by atoms with Crippen LogP contribution in [0.25, 0.3) is 0 Å². The number of thiazole rings is 1. The Labute approximate surface area is 116 Å². The van der Waals surface area contributed by atoms with E-state index in [2.05, 4.69) is 4.98 Å². The highest BCUT2D eigenvalue weighted by Crippen LogP contribution is 2.33. The van der Waals surface area contributed by atoms with Gasteiger partial charge in [0.1, 0.15) is 10.6 Å². The smallest absolute Gasteiger partial charge is 0.280 e. The number of aromatic nitrogens is 1. The van der Waals surface area contributed by atoms with Gasteiger partial charge in [-0.2, -0.15) is 4.98 Å². The molecule has 7 heteroatoms. The van der Waals surface area contributed by atoms with Crippen LogP contribution in [0.2, 0.25) is 15.2 Å². The molecule has 1 heterocycles. The molecule has 0 saturated carbocycles. The van der Waals surface area contributed by atoms with Crippen molar-refractivity contribution < 1.29 is 9.53 Å². The van der Waals surface area contributed by atoms with Gasteiger partial charge in [-0.1, -0.05) is 46.1 Å². The van der Waals surface area contributed by atoms with Crippen LogP contribution in [0.15, 0.2) is 18.2 Å². The van der Waals surface area contributed by atoms with Crippen molar-refractivity contribution in [2.75, 3.05) is 0 Å². The number of hydrogen-bond acceptors (Lipinski definition) is 4. The minimum absolute atomic E-state index is 0.125. The monoisotopic (exact) mass is 307 g/mol. The molecule has 0 aliphatic heterocycles. The van der Waals surface area contributed by atoms with E-state index in [1.165, 1.54) is 0 Å². The van der Waals surface area contributed by atoms with Crippen LogP contribution >= 0.6 is 46.1 Å². The molecular formula is C10H4Cl3NO2S. The predicted octanol–water partition coefficient (Wildman–Crippen LogP) is 4.71. The highest BCUT2D eigenvalue weighted by Gasteiger charge is 2.10. The Morgan fingerprint density at radius 2 is 2.00 bits per heavy atom. The van der Waals surface area contributed by atoms with Crippen LogP contribution in [-0.2, 0) is 0 Å². The summed E-state index contributed by atoms with van der Waals surface area (Å²) >= 11 is 18.4. The average molecular weight is 309 g/mol. The van der Waals surface area contributed by atoms with Crippen molar-refractivity contribution in [2.45, 2.75) is 0 Å². The van der Waals surface area contributed by atoms with E-state index in [0.29, 0.717) is 27.0 Å². The van der Waals surface area contributed by atoms with Crippen LogP contribution in [0.3, 0.4) is 0 Å². The molecule has 1 aromatic heterocycles. The van der Waals surface area contributed by atoms with Gasteiger partial charge in [0, 0.05) is 6.07 Å². The van der Waals surface area contributed by atoms with E-state index in [1.54, 1.807) is 18.2 Å². The molecule has 0 N–H and O–H groups in total. The first kappa shape index (κ1) is 12.6. The summed E-state index contributed by atoms with van der Waals surface area (Å²) in [5, 5.41) is 1.21. The summed E-state index contributed by atoms with van der Waals surface area (Å²) in [6.45, 7) is 0. The van der Waals surface area contributed by atoms with Gasteiger partial charge < -0.3 is 4.74 Å². The van der Waals surface area contributed by atoms with Crippen molar-refractivity contribution in [3.8, 4) is 10.9 Å². The van der Waals surface area contributed by atoms with E-state index in [1.807, 2.05) is 0 Å². The van der Waals surface area contributed by atoms with Crippen molar-refractivity contribution in [3.05, 3.63) is 38.3 Å². The van der Waals surface area contributed by atoms with Gasteiger partial charge in [0.2, 0.25) is 0 Å². The van der Waals surface area contributed by atoms with E-state index in [9.17, 15) is 4.79 Å². The van der Waals surface area contributed by atoms with Gasteiger partial charge in [-0.3, -0.25) is 4.79 Å². The van der Waals surface area contributed by atoms with Crippen molar-refractivity contribution in [1.29, 1.82) is 0 Å². The molecule has 0 aliphatic rings. The highest BCUT2D eigenvalue weighted by molar-refractivity contribution is 7.15. The molecular weight excluding hydrogens is 305 g/mol. The number of carbonyl (C=O) groups excluding carboxylic acids is 1. The third kappa shape index (κ3) is 2.90. The maximum atomic E-state index is 10.6. The van der Waals surface area contributed by atoms with Crippen molar-refractivity contribution in [2.24, 2.45) is 0 Å². The van der Waals surface area contributed by atoms with Crippen LogP contribution in [-0.4, -0.2) is 11.3 Å². The van der Waals surface area contributed by atoms with Crippen molar-refractivity contribution in [1.82, 2.24) is 4.98 Å². The van der Waals surface area contributed by atoms with Crippen molar-refractivity contribution >= 4 is 52.4 Å². The zero-order valence-corrected chi connectivity index (χ0v) is 11.2. The highest BCUT2D eigenvalue weighted by atomic mass is 35.5. The van der Waals surface area contributed by atoms with E-state index in [4.69, 9.17) is 39.5 Å². The first-order valence-corrected chi connectivity index (χ1v) is 6.29. The fraction of sp³-hybridized carbons (Fsp3) is 0. The van der Waals surface area contributed by atoms with Gasteiger partial charge in [0.15, 0.2) is 11.4 Å². The van der Waals surface area contributed by atoms with Gasteiger partial charge in [0.25, 0.3) is 5.19 Å². The van der Waals surface area contributed by atoms with E-state index >= 15 is 0 Å². The summed E-state index contributed by atoms with van der Waals surface area (Å²) in [5.41, 5.74) is 0. The maximum Gasteiger partial charge on any atom is 0.280 e. The van der Waals surface area contributed by atoms with Crippen LogP contribution in [0.5, 0.6) is 10.9 Å². The normalized spacial score (nSPS) is 10.3. The van der Waals surface area contributed by atoms with E-state index in [-0.39, 0.29) is 10.3 Å². The molecule has 0 aliphatic carbocycles. The topological polar surface area (TPSA) is 39.2 Å². The first-order valence-electron chi connectivity index (χ1n) is 4.34. The van der Waals surface area contributed by atoms with Crippen molar-refractivity contribution in [3.63, 3.8) is 0 Å². The number of halogens is 3. The van der Waals surface area contributed by atoms with E-state index in [0.717, 1.165) is 11.3 Å². The Kier molecular flexibility index (Phi) is 3.89. The molecule has 1 aromatic carbocycles. The molecule has 0 unspecified atom stereocenters. The number of hydrogen-bond donors (Lipinski definition) is 0. The molecule has 2 rings (SSSR count). The van der Waals surface area contributed by atoms with Crippen LogP contribution < -0.4 is 4.74 Å². The van der Waals surface area contributed by atoms with Gasteiger partial charge in [-0.15, -0.1) is 0 Å². The Hall–Kier alpha value is -0.810. The van der Waals surface area contributed by atoms with Crippen LogP contribution in [0.4, 0.5) is 0 Å². The summed E-state index contributed by atoms with van der Waals surface area (Å²) in [6.07, 6.45) is 0.627. The summed E-state index contributed by atoms with van der Waals surface area (Å²) < 4.78 is 5.40. The lowest BCUT2D eigenvalue weighted by atomic mass is 10.3.